The van der Waals surface area contributed by atoms with E-state index < -0.39 is 0 Å². The lowest BCUT2D eigenvalue weighted by atomic mass is 9.96. The van der Waals surface area contributed by atoms with Crippen molar-refractivity contribution in [1.29, 1.82) is 0 Å². The summed E-state index contributed by atoms with van der Waals surface area (Å²) in [5, 5.41) is 0. The molecule has 0 spiro atoms. The van der Waals surface area contributed by atoms with E-state index in [-0.39, 0.29) is 5.92 Å². The van der Waals surface area contributed by atoms with Gasteiger partial charge in [-0.1, -0.05) is 0 Å². The maximum absolute atomic E-state index is 12.7. The van der Waals surface area contributed by atoms with E-state index in [1.54, 1.807) is 12.4 Å². The van der Waals surface area contributed by atoms with E-state index >= 15 is 0 Å². The Balaban J connectivity index is 1.66. The van der Waals surface area contributed by atoms with Crippen LogP contribution in [0.15, 0.2) is 12.4 Å². The fraction of sp³-hybridized carbons (Fsp3) is 0.667. The summed E-state index contributed by atoms with van der Waals surface area (Å²) >= 11 is 1.94. The summed E-state index contributed by atoms with van der Waals surface area (Å²) in [5.74, 6) is 3.50. The molecule has 1 aromatic rings. The molecule has 2 aliphatic heterocycles. The van der Waals surface area contributed by atoms with E-state index in [1.165, 1.54) is 0 Å². The number of hydrogen-bond acceptors (Lipinski definition) is 5. The molecular weight excluding hydrogens is 284 g/mol. The molecule has 2 aliphatic rings. The summed E-state index contributed by atoms with van der Waals surface area (Å²) in [6.07, 6.45) is 5.62. The van der Waals surface area contributed by atoms with Gasteiger partial charge in [0.1, 0.15) is 5.82 Å². The molecular formula is C15H22N4OS. The van der Waals surface area contributed by atoms with Crippen LogP contribution in [-0.4, -0.2) is 58.5 Å². The first-order valence-electron chi connectivity index (χ1n) is 7.64. The number of thioether (sulfide) groups is 1. The Bertz CT molecular complexity index is 504. The van der Waals surface area contributed by atoms with Crippen molar-refractivity contribution in [3.63, 3.8) is 0 Å². The van der Waals surface area contributed by atoms with Crippen molar-refractivity contribution in [2.75, 3.05) is 42.6 Å². The van der Waals surface area contributed by atoms with E-state index in [2.05, 4.69) is 14.9 Å². The highest BCUT2D eigenvalue weighted by Crippen LogP contribution is 2.24. The highest BCUT2D eigenvalue weighted by molar-refractivity contribution is 7.99. The van der Waals surface area contributed by atoms with Crippen LogP contribution in [0.1, 0.15) is 18.5 Å². The molecule has 5 nitrogen and oxygen atoms in total. The van der Waals surface area contributed by atoms with Crippen LogP contribution in [0.2, 0.25) is 0 Å². The molecule has 3 rings (SSSR count). The average molecular weight is 306 g/mol. The van der Waals surface area contributed by atoms with Gasteiger partial charge in [-0.05, 0) is 19.8 Å². The highest BCUT2D eigenvalue weighted by atomic mass is 32.2. The number of amides is 1. The predicted molar refractivity (Wildman–Crippen MR) is 85.6 cm³/mol. The zero-order valence-corrected chi connectivity index (χ0v) is 13.3. The quantitative estimate of drug-likeness (QED) is 0.830. The molecule has 3 heterocycles. The van der Waals surface area contributed by atoms with Crippen LogP contribution < -0.4 is 4.90 Å². The molecule has 0 saturated carbocycles. The summed E-state index contributed by atoms with van der Waals surface area (Å²) in [6, 6.07) is 0. The maximum Gasteiger partial charge on any atom is 0.227 e. The Labute approximate surface area is 130 Å². The average Bonchev–Trinajstić information content (AvgIpc) is 2.55. The van der Waals surface area contributed by atoms with Crippen molar-refractivity contribution in [2.24, 2.45) is 5.92 Å². The molecule has 114 valence electrons. The second-order valence-corrected chi connectivity index (χ2v) is 6.97. The number of piperidine rings is 1. The standard InChI is InChI=1S/C15H22N4OS/c1-12-9-16-10-14(17-12)19-4-2-3-13(11-19)15(20)18-5-7-21-8-6-18/h9-10,13H,2-8,11H2,1H3. The van der Waals surface area contributed by atoms with Crippen LogP contribution in [-0.2, 0) is 4.79 Å². The van der Waals surface area contributed by atoms with Gasteiger partial charge in [0.2, 0.25) is 5.91 Å². The lowest BCUT2D eigenvalue weighted by molar-refractivity contribution is -0.135. The van der Waals surface area contributed by atoms with Gasteiger partial charge in [0.25, 0.3) is 0 Å². The monoisotopic (exact) mass is 306 g/mol. The van der Waals surface area contributed by atoms with Gasteiger partial charge < -0.3 is 9.80 Å². The Morgan fingerprint density at radius 2 is 2.10 bits per heavy atom. The minimum absolute atomic E-state index is 0.115. The Morgan fingerprint density at radius 1 is 1.29 bits per heavy atom. The van der Waals surface area contributed by atoms with E-state index in [4.69, 9.17) is 0 Å². The third-order valence-electron chi connectivity index (χ3n) is 4.16. The number of carbonyl (C=O) groups excluding carboxylic acids is 1. The van der Waals surface area contributed by atoms with Crippen LogP contribution in [0.3, 0.4) is 0 Å². The molecule has 1 atom stereocenters. The van der Waals surface area contributed by atoms with Crippen LogP contribution >= 0.6 is 11.8 Å². The molecule has 0 aliphatic carbocycles. The summed E-state index contributed by atoms with van der Waals surface area (Å²) in [4.78, 5) is 25.7. The first kappa shape index (κ1) is 14.6. The molecule has 2 fully saturated rings. The van der Waals surface area contributed by atoms with Crippen molar-refractivity contribution in [3.8, 4) is 0 Å². The number of aryl methyl sites for hydroxylation is 1. The van der Waals surface area contributed by atoms with Gasteiger partial charge in [0.15, 0.2) is 0 Å². The molecule has 1 aromatic heterocycles. The summed E-state index contributed by atoms with van der Waals surface area (Å²) in [5.41, 5.74) is 0.925. The van der Waals surface area contributed by atoms with Crippen molar-refractivity contribution in [3.05, 3.63) is 18.1 Å². The molecule has 21 heavy (non-hydrogen) atoms. The number of aromatic nitrogens is 2. The summed E-state index contributed by atoms with van der Waals surface area (Å²) in [6.45, 7) is 5.52. The van der Waals surface area contributed by atoms with Gasteiger partial charge in [0.05, 0.1) is 17.8 Å². The first-order valence-corrected chi connectivity index (χ1v) is 8.79. The van der Waals surface area contributed by atoms with Crippen molar-refractivity contribution in [2.45, 2.75) is 19.8 Å². The minimum Gasteiger partial charge on any atom is -0.355 e. The molecule has 0 bridgehead atoms. The molecule has 1 unspecified atom stereocenters. The largest absolute Gasteiger partial charge is 0.355 e. The van der Waals surface area contributed by atoms with E-state index in [0.29, 0.717) is 5.91 Å². The van der Waals surface area contributed by atoms with Gasteiger partial charge in [0, 0.05) is 43.9 Å². The Kier molecular flexibility index (Phi) is 4.63. The zero-order chi connectivity index (χ0) is 14.7. The Hall–Kier alpha value is -1.30. The van der Waals surface area contributed by atoms with Crippen LogP contribution in [0.5, 0.6) is 0 Å². The topological polar surface area (TPSA) is 49.3 Å². The zero-order valence-electron chi connectivity index (χ0n) is 12.5. The van der Waals surface area contributed by atoms with Crippen LogP contribution in [0.25, 0.3) is 0 Å². The Morgan fingerprint density at radius 3 is 2.86 bits per heavy atom. The summed E-state index contributed by atoms with van der Waals surface area (Å²) in [7, 11) is 0. The number of rotatable bonds is 2. The third kappa shape index (κ3) is 3.48. The molecule has 2 saturated heterocycles. The lowest BCUT2D eigenvalue weighted by Crippen LogP contribution is -2.47. The second-order valence-electron chi connectivity index (χ2n) is 5.74. The molecule has 0 N–H and O–H groups in total. The highest BCUT2D eigenvalue weighted by Gasteiger charge is 2.30. The predicted octanol–water partition coefficient (Wildman–Crippen LogP) is 1.58. The third-order valence-corrected chi connectivity index (χ3v) is 5.10. The van der Waals surface area contributed by atoms with Gasteiger partial charge in [-0.2, -0.15) is 11.8 Å². The second kappa shape index (κ2) is 6.64. The fourth-order valence-corrected chi connectivity index (χ4v) is 3.93. The number of hydrogen-bond donors (Lipinski definition) is 0. The number of anilines is 1. The van der Waals surface area contributed by atoms with E-state index in [1.807, 2.05) is 23.6 Å². The van der Waals surface area contributed by atoms with Crippen molar-refractivity contribution in [1.82, 2.24) is 14.9 Å². The molecule has 0 aromatic carbocycles. The minimum atomic E-state index is 0.115. The molecule has 6 heteroatoms. The molecule has 1 amide bonds. The van der Waals surface area contributed by atoms with Crippen molar-refractivity contribution < 1.29 is 4.79 Å². The van der Waals surface area contributed by atoms with Crippen LogP contribution in [0.4, 0.5) is 5.82 Å². The SMILES string of the molecule is Cc1cncc(N2CCCC(C(=O)N3CCSCC3)C2)n1. The molecule has 0 radical (unpaired) electrons. The van der Waals surface area contributed by atoms with E-state index in [0.717, 1.165) is 62.0 Å². The fourth-order valence-electron chi connectivity index (χ4n) is 3.03. The lowest BCUT2D eigenvalue weighted by Gasteiger charge is -2.36. The van der Waals surface area contributed by atoms with Gasteiger partial charge >= 0.3 is 0 Å². The van der Waals surface area contributed by atoms with Crippen LogP contribution in [0, 0.1) is 12.8 Å². The van der Waals surface area contributed by atoms with Gasteiger partial charge in [-0.15, -0.1) is 0 Å². The normalized spacial score (nSPS) is 23.2. The van der Waals surface area contributed by atoms with Gasteiger partial charge in [-0.25, -0.2) is 4.98 Å². The number of carbonyl (C=O) groups is 1. The summed E-state index contributed by atoms with van der Waals surface area (Å²) < 4.78 is 0. The smallest absolute Gasteiger partial charge is 0.227 e. The number of nitrogens with zero attached hydrogens (tertiary/aromatic N) is 4. The first-order chi connectivity index (χ1) is 10.2. The van der Waals surface area contributed by atoms with Gasteiger partial charge in [-0.3, -0.25) is 9.78 Å². The van der Waals surface area contributed by atoms with E-state index in [9.17, 15) is 4.79 Å². The van der Waals surface area contributed by atoms with Crippen molar-refractivity contribution >= 4 is 23.5 Å². The maximum atomic E-state index is 12.7.